The molecular formula is C67H123NO10. The number of nitrogens with one attached hydrogen (secondary N) is 1. The van der Waals surface area contributed by atoms with Gasteiger partial charge in [-0.3, -0.25) is 9.59 Å². The maximum atomic E-state index is 13.5. The van der Waals surface area contributed by atoms with Gasteiger partial charge in [0.25, 0.3) is 0 Å². The van der Waals surface area contributed by atoms with E-state index in [9.17, 15) is 35.1 Å². The Morgan fingerprint density at radius 1 is 0.513 bits per heavy atom. The van der Waals surface area contributed by atoms with Crippen LogP contribution in [0.5, 0.6) is 0 Å². The molecule has 1 aliphatic rings. The summed E-state index contributed by atoms with van der Waals surface area (Å²) in [6, 6.07) is -1.02. The highest BCUT2D eigenvalue weighted by Crippen LogP contribution is 2.26. The van der Waals surface area contributed by atoms with Gasteiger partial charge < -0.3 is 45.1 Å². The number of carbonyl (C=O) groups is 2. The SMILES string of the molecule is CC/C=C/C/C=C/CCCCCCCCCC(=O)OC1C(OCC(NC(=O)C(O)CCCCCCCCCCCCCC/C=C/CCCCCCCC)C(O)/C=C/CCCCCCCCCCCCC)OC(CO)C(O)C1O. The van der Waals surface area contributed by atoms with Crippen molar-refractivity contribution in [2.24, 2.45) is 0 Å². The van der Waals surface area contributed by atoms with Crippen molar-refractivity contribution in [2.45, 2.75) is 352 Å². The maximum Gasteiger partial charge on any atom is 0.306 e. The number of allylic oxidation sites excluding steroid dienone is 7. The third-order valence-electron chi connectivity index (χ3n) is 15.5. The highest BCUT2D eigenvalue weighted by molar-refractivity contribution is 5.80. The van der Waals surface area contributed by atoms with Gasteiger partial charge in [-0.15, -0.1) is 0 Å². The molecule has 1 fully saturated rings. The van der Waals surface area contributed by atoms with Crippen LogP contribution in [0.1, 0.15) is 303 Å². The molecule has 0 saturated carbocycles. The molecule has 11 heteroatoms. The Labute approximate surface area is 478 Å². The normalized spacial score (nSPS) is 19.2. The smallest absolute Gasteiger partial charge is 0.306 e. The molecule has 11 nitrogen and oxygen atoms in total. The van der Waals surface area contributed by atoms with Crippen molar-refractivity contribution < 1.29 is 49.3 Å². The average Bonchev–Trinajstić information content (AvgIpc) is 3.46. The Morgan fingerprint density at radius 3 is 1.38 bits per heavy atom. The number of ether oxygens (including phenoxy) is 3. The molecule has 8 atom stereocenters. The molecule has 6 N–H and O–H groups in total. The van der Waals surface area contributed by atoms with Crippen molar-refractivity contribution in [1.82, 2.24) is 5.32 Å². The highest BCUT2D eigenvalue weighted by Gasteiger charge is 2.47. The molecule has 0 aromatic rings. The first kappa shape index (κ1) is 73.6. The summed E-state index contributed by atoms with van der Waals surface area (Å²) in [5.41, 5.74) is 0. The van der Waals surface area contributed by atoms with Crippen LogP contribution in [-0.2, 0) is 23.8 Å². The zero-order valence-corrected chi connectivity index (χ0v) is 50.5. The second kappa shape index (κ2) is 55.2. The van der Waals surface area contributed by atoms with Crippen LogP contribution in [0.4, 0.5) is 0 Å². The van der Waals surface area contributed by atoms with Crippen LogP contribution in [0.2, 0.25) is 0 Å². The predicted molar refractivity (Wildman–Crippen MR) is 324 cm³/mol. The number of rotatable bonds is 56. The lowest BCUT2D eigenvalue weighted by Gasteiger charge is -2.41. The lowest BCUT2D eigenvalue weighted by atomic mass is 9.99. The second-order valence-corrected chi connectivity index (χ2v) is 22.8. The summed E-state index contributed by atoms with van der Waals surface area (Å²) in [6.07, 6.45) is 57.2. The Balaban J connectivity index is 2.63. The quantitative estimate of drug-likeness (QED) is 0.0195. The molecule has 1 amide bonds. The number of carbonyl (C=O) groups excluding carboxylic acids is 2. The largest absolute Gasteiger partial charge is 0.454 e. The fourth-order valence-corrected chi connectivity index (χ4v) is 10.3. The minimum Gasteiger partial charge on any atom is -0.454 e. The fraction of sp³-hybridized carbons (Fsp3) is 0.851. The highest BCUT2D eigenvalue weighted by atomic mass is 16.7. The van der Waals surface area contributed by atoms with E-state index in [1.807, 2.05) is 6.08 Å². The van der Waals surface area contributed by atoms with E-state index in [1.54, 1.807) is 6.08 Å². The first-order valence-electron chi connectivity index (χ1n) is 32.9. The van der Waals surface area contributed by atoms with Crippen LogP contribution < -0.4 is 5.32 Å². The summed E-state index contributed by atoms with van der Waals surface area (Å²) in [5, 5.41) is 57.1. The molecule has 0 aromatic carbocycles. The van der Waals surface area contributed by atoms with E-state index in [-0.39, 0.29) is 13.0 Å². The molecular weight excluding hydrogens is 979 g/mol. The van der Waals surface area contributed by atoms with E-state index in [1.165, 1.54) is 173 Å². The molecule has 1 saturated heterocycles. The van der Waals surface area contributed by atoms with Crippen molar-refractivity contribution in [1.29, 1.82) is 0 Å². The van der Waals surface area contributed by atoms with Gasteiger partial charge in [0.1, 0.15) is 24.4 Å². The van der Waals surface area contributed by atoms with Gasteiger partial charge in [0.15, 0.2) is 12.4 Å². The summed E-state index contributed by atoms with van der Waals surface area (Å²) in [4.78, 5) is 26.6. The number of hydrogen-bond donors (Lipinski definition) is 6. The van der Waals surface area contributed by atoms with Gasteiger partial charge in [0.05, 0.1) is 25.4 Å². The van der Waals surface area contributed by atoms with Crippen LogP contribution in [-0.4, -0.2) is 99.6 Å². The number of aliphatic hydroxyl groups is 5. The monoisotopic (exact) mass is 1100 g/mol. The molecule has 1 heterocycles. The molecule has 8 unspecified atom stereocenters. The van der Waals surface area contributed by atoms with Crippen LogP contribution in [0, 0.1) is 0 Å². The number of aliphatic hydroxyl groups excluding tert-OH is 5. The summed E-state index contributed by atoms with van der Waals surface area (Å²) in [7, 11) is 0. The van der Waals surface area contributed by atoms with Crippen molar-refractivity contribution in [3.05, 3.63) is 48.6 Å². The van der Waals surface area contributed by atoms with Gasteiger partial charge in [-0.25, -0.2) is 0 Å². The molecule has 78 heavy (non-hydrogen) atoms. The molecule has 1 rings (SSSR count). The first-order valence-corrected chi connectivity index (χ1v) is 32.9. The summed E-state index contributed by atoms with van der Waals surface area (Å²) >= 11 is 0. The van der Waals surface area contributed by atoms with E-state index < -0.39 is 67.4 Å². The molecule has 456 valence electrons. The lowest BCUT2D eigenvalue weighted by Crippen LogP contribution is -2.61. The van der Waals surface area contributed by atoms with Gasteiger partial charge in [-0.2, -0.15) is 0 Å². The van der Waals surface area contributed by atoms with Gasteiger partial charge in [-0.05, 0) is 77.0 Å². The third-order valence-corrected chi connectivity index (χ3v) is 15.5. The third kappa shape index (κ3) is 42.5. The Hall–Kier alpha value is -2.38. The van der Waals surface area contributed by atoms with E-state index >= 15 is 0 Å². The fourth-order valence-electron chi connectivity index (χ4n) is 10.3. The van der Waals surface area contributed by atoms with E-state index in [0.717, 1.165) is 83.5 Å². The van der Waals surface area contributed by atoms with Gasteiger partial charge >= 0.3 is 5.97 Å². The van der Waals surface area contributed by atoms with Gasteiger partial charge in [0.2, 0.25) is 5.91 Å². The topological polar surface area (TPSA) is 175 Å². The number of esters is 1. The average molecular weight is 1100 g/mol. The molecule has 0 aromatic heterocycles. The minimum atomic E-state index is -1.62. The van der Waals surface area contributed by atoms with Gasteiger partial charge in [-0.1, -0.05) is 268 Å². The van der Waals surface area contributed by atoms with Crippen molar-refractivity contribution in [2.75, 3.05) is 13.2 Å². The summed E-state index contributed by atoms with van der Waals surface area (Å²) in [5.74, 6) is -1.20. The summed E-state index contributed by atoms with van der Waals surface area (Å²) in [6.45, 7) is 5.70. The number of amides is 1. The van der Waals surface area contributed by atoms with Crippen molar-refractivity contribution in [3.63, 3.8) is 0 Å². The van der Waals surface area contributed by atoms with Crippen LogP contribution in [0.3, 0.4) is 0 Å². The molecule has 0 spiro atoms. The molecule has 0 aliphatic carbocycles. The van der Waals surface area contributed by atoms with E-state index in [0.29, 0.717) is 19.3 Å². The zero-order valence-electron chi connectivity index (χ0n) is 50.5. The standard InChI is InChI=1S/C67H123NO10/c1-4-7-10-13-16-19-22-25-27-28-29-30-31-32-33-34-36-39-42-45-48-51-54-60(71)66(75)68-58(59(70)53-50-47-44-41-38-35-24-21-18-15-12-9-6-3)57-76-67-65(64(74)63(73)61(56-69)77-67)78-62(72)55-52-49-46-43-40-37-26-23-20-17-14-11-8-5-2/h8,11,17,20,25,27,50,53,58-61,63-65,67,69-71,73-74H,4-7,9-10,12-16,18-19,21-24,26,28-49,51-52,54-57H2,1-3H3,(H,68,75)/b11-8+,20-17+,27-25+,53-50+. The van der Waals surface area contributed by atoms with E-state index in [2.05, 4.69) is 62.5 Å². The lowest BCUT2D eigenvalue weighted by molar-refractivity contribution is -0.305. The van der Waals surface area contributed by atoms with Crippen molar-refractivity contribution in [3.8, 4) is 0 Å². The summed E-state index contributed by atoms with van der Waals surface area (Å²) < 4.78 is 17.6. The Bertz CT molecular complexity index is 1450. The van der Waals surface area contributed by atoms with Crippen LogP contribution in [0.25, 0.3) is 0 Å². The minimum absolute atomic E-state index is 0.115. The van der Waals surface area contributed by atoms with Crippen LogP contribution >= 0.6 is 0 Å². The Kier molecular flexibility index (Phi) is 52.1. The molecule has 0 bridgehead atoms. The number of unbranched alkanes of at least 4 members (excludes halogenated alkanes) is 36. The predicted octanol–water partition coefficient (Wildman–Crippen LogP) is 16.0. The maximum absolute atomic E-state index is 13.5. The van der Waals surface area contributed by atoms with E-state index in [4.69, 9.17) is 14.2 Å². The molecule has 1 aliphatic heterocycles. The van der Waals surface area contributed by atoms with Crippen molar-refractivity contribution >= 4 is 11.9 Å². The first-order chi connectivity index (χ1) is 38.2. The Morgan fingerprint density at radius 2 is 0.923 bits per heavy atom. The number of hydrogen-bond acceptors (Lipinski definition) is 10. The van der Waals surface area contributed by atoms with Crippen LogP contribution in [0.15, 0.2) is 48.6 Å². The van der Waals surface area contributed by atoms with Gasteiger partial charge in [0, 0.05) is 6.42 Å². The molecule has 0 radical (unpaired) electrons. The second-order valence-electron chi connectivity index (χ2n) is 22.8. The zero-order chi connectivity index (χ0) is 56.8.